The standard InChI is InChI=1S/C13H14FN5O2/c1-8-16-13(18-21-8)10-5-3-9(4-6-10)12(20-2)11(7-14)17-19-15/h3-6,11-12H,7H2,1-2H3/t11-,12-/m1/s1. The Bertz CT molecular complexity index is 636. The van der Waals surface area contributed by atoms with E-state index in [1.54, 1.807) is 31.2 Å². The summed E-state index contributed by atoms with van der Waals surface area (Å²) in [7, 11) is 1.44. The molecular weight excluding hydrogens is 277 g/mol. The molecule has 110 valence electrons. The van der Waals surface area contributed by atoms with Gasteiger partial charge in [0.25, 0.3) is 0 Å². The van der Waals surface area contributed by atoms with E-state index in [2.05, 4.69) is 20.2 Å². The fraction of sp³-hybridized carbons (Fsp3) is 0.385. The maximum atomic E-state index is 12.9. The minimum Gasteiger partial charge on any atom is -0.376 e. The van der Waals surface area contributed by atoms with Gasteiger partial charge in [0.05, 0.1) is 12.1 Å². The molecule has 8 heteroatoms. The Morgan fingerprint density at radius 3 is 2.62 bits per heavy atom. The molecule has 2 aromatic rings. The third kappa shape index (κ3) is 3.36. The van der Waals surface area contributed by atoms with Crippen LogP contribution in [-0.2, 0) is 4.74 Å². The number of hydrogen-bond donors (Lipinski definition) is 0. The van der Waals surface area contributed by atoms with Gasteiger partial charge in [-0.25, -0.2) is 0 Å². The predicted octanol–water partition coefficient (Wildman–Crippen LogP) is 3.38. The maximum Gasteiger partial charge on any atom is 0.223 e. The summed E-state index contributed by atoms with van der Waals surface area (Å²) in [5.74, 6) is 0.954. The Morgan fingerprint density at radius 1 is 1.43 bits per heavy atom. The van der Waals surface area contributed by atoms with E-state index < -0.39 is 18.8 Å². The summed E-state index contributed by atoms with van der Waals surface area (Å²) >= 11 is 0. The van der Waals surface area contributed by atoms with Crippen molar-refractivity contribution in [3.63, 3.8) is 0 Å². The van der Waals surface area contributed by atoms with Gasteiger partial charge in [-0.3, -0.25) is 4.39 Å². The van der Waals surface area contributed by atoms with Crippen molar-refractivity contribution in [1.29, 1.82) is 0 Å². The van der Waals surface area contributed by atoms with Gasteiger partial charge in [-0.2, -0.15) is 4.98 Å². The Balaban J connectivity index is 2.26. The molecule has 0 aliphatic rings. The monoisotopic (exact) mass is 291 g/mol. The number of nitrogens with zero attached hydrogens (tertiary/aromatic N) is 5. The molecule has 0 fully saturated rings. The number of methoxy groups -OCH3 is 1. The fourth-order valence-corrected chi connectivity index (χ4v) is 1.99. The van der Waals surface area contributed by atoms with Gasteiger partial charge in [0.15, 0.2) is 0 Å². The van der Waals surface area contributed by atoms with Crippen molar-refractivity contribution in [1.82, 2.24) is 10.1 Å². The number of hydrogen-bond acceptors (Lipinski definition) is 5. The molecule has 2 rings (SSSR count). The lowest BCUT2D eigenvalue weighted by molar-refractivity contribution is 0.0722. The van der Waals surface area contributed by atoms with Crippen molar-refractivity contribution >= 4 is 0 Å². The predicted molar refractivity (Wildman–Crippen MR) is 73.1 cm³/mol. The molecule has 0 aliphatic carbocycles. The van der Waals surface area contributed by atoms with Gasteiger partial charge < -0.3 is 9.26 Å². The molecule has 7 nitrogen and oxygen atoms in total. The van der Waals surface area contributed by atoms with Gasteiger partial charge >= 0.3 is 0 Å². The average molecular weight is 291 g/mol. The fourth-order valence-electron chi connectivity index (χ4n) is 1.99. The highest BCUT2D eigenvalue weighted by atomic mass is 19.1. The summed E-state index contributed by atoms with van der Waals surface area (Å²) in [4.78, 5) is 6.76. The molecule has 0 radical (unpaired) electrons. The normalized spacial score (nSPS) is 13.5. The van der Waals surface area contributed by atoms with E-state index in [9.17, 15) is 4.39 Å². The zero-order valence-corrected chi connectivity index (χ0v) is 11.6. The number of aryl methyl sites for hydroxylation is 1. The van der Waals surface area contributed by atoms with Crippen LogP contribution in [0.4, 0.5) is 4.39 Å². The van der Waals surface area contributed by atoms with E-state index >= 15 is 0 Å². The van der Waals surface area contributed by atoms with Crippen molar-refractivity contribution in [3.05, 3.63) is 46.2 Å². The number of alkyl halides is 1. The molecule has 0 saturated carbocycles. The van der Waals surface area contributed by atoms with E-state index in [-0.39, 0.29) is 0 Å². The molecule has 0 spiro atoms. The minimum atomic E-state index is -0.904. The number of aromatic nitrogens is 2. The molecule has 0 amide bonds. The van der Waals surface area contributed by atoms with Crippen molar-refractivity contribution in [2.75, 3.05) is 13.8 Å². The topological polar surface area (TPSA) is 96.9 Å². The number of rotatable bonds is 6. The summed E-state index contributed by atoms with van der Waals surface area (Å²) in [6.45, 7) is 0.909. The summed E-state index contributed by atoms with van der Waals surface area (Å²) in [6, 6.07) is 6.15. The maximum absolute atomic E-state index is 12.9. The van der Waals surface area contributed by atoms with E-state index in [1.807, 2.05) is 0 Å². The van der Waals surface area contributed by atoms with Gasteiger partial charge in [-0.05, 0) is 11.1 Å². The van der Waals surface area contributed by atoms with E-state index in [0.717, 1.165) is 5.56 Å². The van der Waals surface area contributed by atoms with Crippen LogP contribution in [0.3, 0.4) is 0 Å². The largest absolute Gasteiger partial charge is 0.376 e. The molecule has 1 aromatic carbocycles. The quantitative estimate of drug-likeness (QED) is 0.463. The molecule has 2 atom stereocenters. The Hall–Kier alpha value is -2.44. The highest BCUT2D eigenvalue weighted by Gasteiger charge is 2.22. The smallest absolute Gasteiger partial charge is 0.223 e. The molecular formula is C13H14FN5O2. The lowest BCUT2D eigenvalue weighted by Crippen LogP contribution is -2.20. The van der Waals surface area contributed by atoms with Crippen LogP contribution >= 0.6 is 0 Å². The van der Waals surface area contributed by atoms with Crippen LogP contribution in [0.5, 0.6) is 0 Å². The van der Waals surface area contributed by atoms with Crippen molar-refractivity contribution in [3.8, 4) is 11.4 Å². The Labute approximate surface area is 120 Å². The molecule has 0 aliphatic heterocycles. The first-order valence-electron chi connectivity index (χ1n) is 6.23. The molecule has 0 unspecified atom stereocenters. The second-order valence-electron chi connectivity index (χ2n) is 4.34. The minimum absolute atomic E-state index is 0.477. The first kappa shape index (κ1) is 15.0. The number of azide groups is 1. The zero-order chi connectivity index (χ0) is 15.2. The van der Waals surface area contributed by atoms with Crippen LogP contribution in [0.15, 0.2) is 33.9 Å². The molecule has 1 heterocycles. The van der Waals surface area contributed by atoms with Gasteiger partial charge in [-0.15, -0.1) is 0 Å². The Morgan fingerprint density at radius 2 is 2.14 bits per heavy atom. The van der Waals surface area contributed by atoms with Gasteiger partial charge in [0.1, 0.15) is 6.67 Å². The van der Waals surface area contributed by atoms with Gasteiger partial charge in [-0.1, -0.05) is 34.5 Å². The molecule has 1 aromatic heterocycles. The molecule has 0 saturated heterocycles. The summed E-state index contributed by atoms with van der Waals surface area (Å²) < 4.78 is 23.1. The lowest BCUT2D eigenvalue weighted by atomic mass is 10.0. The first-order valence-corrected chi connectivity index (χ1v) is 6.23. The van der Waals surface area contributed by atoms with Crippen molar-refractivity contribution < 1.29 is 13.7 Å². The van der Waals surface area contributed by atoms with Crippen LogP contribution in [0, 0.1) is 6.92 Å². The lowest BCUT2D eigenvalue weighted by Gasteiger charge is -2.20. The van der Waals surface area contributed by atoms with Crippen molar-refractivity contribution in [2.24, 2.45) is 5.11 Å². The number of benzene rings is 1. The average Bonchev–Trinajstić information content (AvgIpc) is 2.94. The molecule has 0 N–H and O–H groups in total. The molecule has 0 bridgehead atoms. The van der Waals surface area contributed by atoms with E-state index in [4.69, 9.17) is 14.8 Å². The van der Waals surface area contributed by atoms with Crippen molar-refractivity contribution in [2.45, 2.75) is 19.1 Å². The van der Waals surface area contributed by atoms with Crippen LogP contribution in [0.25, 0.3) is 21.8 Å². The molecule has 21 heavy (non-hydrogen) atoms. The van der Waals surface area contributed by atoms with Gasteiger partial charge in [0.2, 0.25) is 11.7 Å². The Kier molecular flexibility index (Phi) is 4.86. The highest BCUT2D eigenvalue weighted by Crippen LogP contribution is 2.26. The SMILES string of the molecule is CO[C@H](c1ccc(-c2noc(C)n2)cc1)[C@@H](CF)N=[N+]=[N-]. The third-order valence-electron chi connectivity index (χ3n) is 2.99. The summed E-state index contributed by atoms with van der Waals surface area (Å²) in [5, 5.41) is 7.23. The summed E-state index contributed by atoms with van der Waals surface area (Å²) in [5.41, 5.74) is 9.94. The van der Waals surface area contributed by atoms with E-state index in [0.29, 0.717) is 17.3 Å². The van der Waals surface area contributed by atoms with Crippen LogP contribution < -0.4 is 0 Å². The second-order valence-corrected chi connectivity index (χ2v) is 4.34. The second kappa shape index (κ2) is 6.83. The summed E-state index contributed by atoms with van der Waals surface area (Å²) in [6.07, 6.45) is -0.646. The van der Waals surface area contributed by atoms with Crippen LogP contribution in [0.2, 0.25) is 0 Å². The zero-order valence-electron chi connectivity index (χ0n) is 11.6. The highest BCUT2D eigenvalue weighted by molar-refractivity contribution is 5.54. The first-order chi connectivity index (χ1) is 10.2. The third-order valence-corrected chi connectivity index (χ3v) is 2.99. The van der Waals surface area contributed by atoms with Gasteiger partial charge in [0, 0.05) is 24.5 Å². The van der Waals surface area contributed by atoms with Crippen LogP contribution in [0.1, 0.15) is 17.6 Å². The van der Waals surface area contributed by atoms with E-state index in [1.165, 1.54) is 7.11 Å². The van der Waals surface area contributed by atoms with Crippen LogP contribution in [-0.4, -0.2) is 30.0 Å². The number of ether oxygens (including phenoxy) is 1. The number of halogens is 1.